The maximum Gasteiger partial charge on any atom is 0.187 e. The van der Waals surface area contributed by atoms with E-state index in [0.29, 0.717) is 0 Å². The summed E-state index contributed by atoms with van der Waals surface area (Å²) in [6, 6.07) is 0. The summed E-state index contributed by atoms with van der Waals surface area (Å²) < 4.78 is 20.9. The fourth-order valence-corrected chi connectivity index (χ4v) is 2.95. The van der Waals surface area contributed by atoms with Crippen LogP contribution in [0.3, 0.4) is 0 Å². The van der Waals surface area contributed by atoms with Gasteiger partial charge in [-0.15, -0.1) is 0 Å². The molecule has 2 fully saturated rings. The number of aliphatic hydroxyl groups excluding tert-OH is 9. The van der Waals surface area contributed by atoms with Crippen LogP contribution in [-0.2, 0) is 18.9 Å². The first kappa shape index (κ1) is 23.8. The van der Waals surface area contributed by atoms with Crippen LogP contribution in [0.1, 0.15) is 0 Å². The van der Waals surface area contributed by atoms with Crippen molar-refractivity contribution in [1.82, 2.24) is 0 Å². The van der Waals surface area contributed by atoms with Gasteiger partial charge in [-0.05, 0) is 0 Å². The van der Waals surface area contributed by atoms with Crippen LogP contribution in [0.25, 0.3) is 0 Å². The maximum absolute atomic E-state index is 10.3. The molecule has 28 heavy (non-hydrogen) atoms. The second-order valence-corrected chi connectivity index (χ2v) is 6.67. The van der Waals surface area contributed by atoms with E-state index in [4.69, 9.17) is 24.1 Å². The monoisotopic (exact) mass is 416 g/mol. The van der Waals surface area contributed by atoms with Crippen LogP contribution in [0.15, 0.2) is 0 Å². The zero-order valence-electron chi connectivity index (χ0n) is 14.8. The van der Waals surface area contributed by atoms with E-state index in [0.717, 1.165) is 0 Å². The standard InChI is InChI=1S/C15H28O13/c16-1-5(19)4-25-14-12(24)10(22)13(7(3-18)27-14)28-15-11(23)9(21)8(20)6(2-17)26-15/h5-24H,1-4H2/t5?,6?,7?,8?,9?,10?,11?,12?,13-,14?,15?/m0/s1. The largest absolute Gasteiger partial charge is 0.394 e. The van der Waals surface area contributed by atoms with E-state index >= 15 is 0 Å². The van der Waals surface area contributed by atoms with Crippen molar-refractivity contribution in [3.8, 4) is 0 Å². The van der Waals surface area contributed by atoms with Crippen molar-refractivity contribution >= 4 is 0 Å². The Kier molecular flexibility index (Phi) is 8.90. The van der Waals surface area contributed by atoms with Crippen molar-refractivity contribution in [1.29, 1.82) is 0 Å². The zero-order chi connectivity index (χ0) is 21.0. The van der Waals surface area contributed by atoms with Gasteiger partial charge < -0.3 is 64.9 Å². The first-order valence-electron chi connectivity index (χ1n) is 8.74. The summed E-state index contributed by atoms with van der Waals surface area (Å²) in [5.74, 6) is 0. The molecule has 2 heterocycles. The van der Waals surface area contributed by atoms with Crippen LogP contribution < -0.4 is 0 Å². The Hall–Kier alpha value is -0.520. The minimum atomic E-state index is -1.75. The lowest BCUT2D eigenvalue weighted by Crippen LogP contribution is -2.64. The number of ether oxygens (including phenoxy) is 4. The molecule has 0 saturated carbocycles. The second-order valence-electron chi connectivity index (χ2n) is 6.67. The van der Waals surface area contributed by atoms with Gasteiger partial charge in [-0.3, -0.25) is 0 Å². The van der Waals surface area contributed by atoms with Gasteiger partial charge in [-0.25, -0.2) is 0 Å². The number of hydrogen-bond donors (Lipinski definition) is 9. The van der Waals surface area contributed by atoms with E-state index in [2.05, 4.69) is 0 Å². The molecular formula is C15H28O13. The molecule has 2 aliphatic rings. The molecule has 11 atom stereocenters. The van der Waals surface area contributed by atoms with Gasteiger partial charge in [0.1, 0.15) is 54.9 Å². The van der Waals surface area contributed by atoms with Crippen LogP contribution in [-0.4, -0.2) is 140 Å². The molecule has 2 aliphatic heterocycles. The van der Waals surface area contributed by atoms with E-state index in [1.807, 2.05) is 0 Å². The van der Waals surface area contributed by atoms with E-state index in [1.165, 1.54) is 0 Å². The summed E-state index contributed by atoms with van der Waals surface area (Å²) in [6.07, 6.45) is -16.7. The summed E-state index contributed by atoms with van der Waals surface area (Å²) in [6.45, 7) is -2.41. The Balaban J connectivity index is 2.06. The lowest BCUT2D eigenvalue weighted by molar-refractivity contribution is -0.360. The molecule has 0 spiro atoms. The van der Waals surface area contributed by atoms with Crippen molar-refractivity contribution in [3.63, 3.8) is 0 Å². The molecule has 0 bridgehead atoms. The maximum atomic E-state index is 10.3. The molecule has 9 N–H and O–H groups in total. The third-order valence-corrected chi connectivity index (χ3v) is 4.62. The quantitative estimate of drug-likeness (QED) is 0.180. The zero-order valence-corrected chi connectivity index (χ0v) is 14.8. The molecule has 13 heteroatoms. The smallest absolute Gasteiger partial charge is 0.187 e. The molecule has 0 aromatic heterocycles. The molecule has 166 valence electrons. The molecule has 0 aliphatic carbocycles. The molecule has 0 aromatic rings. The van der Waals surface area contributed by atoms with Gasteiger partial charge in [0.15, 0.2) is 12.6 Å². The fraction of sp³-hybridized carbons (Fsp3) is 1.00. The van der Waals surface area contributed by atoms with Crippen molar-refractivity contribution in [2.75, 3.05) is 26.4 Å². The van der Waals surface area contributed by atoms with Crippen molar-refractivity contribution < 1.29 is 64.9 Å². The minimum absolute atomic E-state index is 0.415. The van der Waals surface area contributed by atoms with Crippen LogP contribution in [0, 0.1) is 0 Å². The Morgan fingerprint density at radius 2 is 1.29 bits per heavy atom. The molecule has 0 radical (unpaired) electrons. The molecular weight excluding hydrogens is 388 g/mol. The normalized spacial score (nSPS) is 45.8. The number of hydrogen-bond acceptors (Lipinski definition) is 13. The van der Waals surface area contributed by atoms with Gasteiger partial charge in [0.05, 0.1) is 26.4 Å². The molecule has 0 aromatic carbocycles. The van der Waals surface area contributed by atoms with E-state index in [1.54, 1.807) is 0 Å². The Bertz CT molecular complexity index is 463. The van der Waals surface area contributed by atoms with Crippen molar-refractivity contribution in [2.45, 2.75) is 67.5 Å². The van der Waals surface area contributed by atoms with Crippen LogP contribution in [0.2, 0.25) is 0 Å². The lowest BCUT2D eigenvalue weighted by atomic mass is 9.97. The highest BCUT2D eigenvalue weighted by Crippen LogP contribution is 2.29. The highest BCUT2D eigenvalue weighted by atomic mass is 16.7. The fourth-order valence-electron chi connectivity index (χ4n) is 2.95. The first-order chi connectivity index (χ1) is 13.2. The van der Waals surface area contributed by atoms with E-state index in [-0.39, 0.29) is 0 Å². The van der Waals surface area contributed by atoms with E-state index in [9.17, 15) is 40.9 Å². The second kappa shape index (κ2) is 10.5. The number of aliphatic hydroxyl groups is 9. The summed E-state index contributed by atoms with van der Waals surface area (Å²) >= 11 is 0. The SMILES string of the molecule is OCC(O)COC1OC(CO)[C@H](OC2OC(CO)C(O)C(O)C2O)C(O)C1O. The predicted molar refractivity (Wildman–Crippen MR) is 85.4 cm³/mol. The summed E-state index contributed by atoms with van der Waals surface area (Å²) in [5, 5.41) is 86.9. The molecule has 2 rings (SSSR count). The lowest BCUT2D eigenvalue weighted by Gasteiger charge is -2.46. The van der Waals surface area contributed by atoms with Crippen LogP contribution in [0.5, 0.6) is 0 Å². The van der Waals surface area contributed by atoms with Gasteiger partial charge in [-0.1, -0.05) is 0 Å². The topological polar surface area (TPSA) is 219 Å². The van der Waals surface area contributed by atoms with E-state index < -0.39 is 93.9 Å². The van der Waals surface area contributed by atoms with Gasteiger partial charge >= 0.3 is 0 Å². The van der Waals surface area contributed by atoms with Gasteiger partial charge in [0.25, 0.3) is 0 Å². The number of rotatable bonds is 8. The minimum Gasteiger partial charge on any atom is -0.394 e. The molecule has 2 saturated heterocycles. The average Bonchev–Trinajstić information content (AvgIpc) is 2.70. The van der Waals surface area contributed by atoms with Gasteiger partial charge in [-0.2, -0.15) is 0 Å². The first-order valence-corrected chi connectivity index (χ1v) is 8.74. The van der Waals surface area contributed by atoms with Gasteiger partial charge in [0, 0.05) is 0 Å². The summed E-state index contributed by atoms with van der Waals surface area (Å²) in [7, 11) is 0. The predicted octanol–water partition coefficient (Wildman–Crippen LogP) is -6.02. The Labute approximate surface area is 159 Å². The highest BCUT2D eigenvalue weighted by Gasteiger charge is 2.50. The van der Waals surface area contributed by atoms with Crippen LogP contribution in [0.4, 0.5) is 0 Å². The van der Waals surface area contributed by atoms with Crippen LogP contribution >= 0.6 is 0 Å². The third kappa shape index (κ3) is 5.14. The van der Waals surface area contributed by atoms with Crippen molar-refractivity contribution in [3.05, 3.63) is 0 Å². The Morgan fingerprint density at radius 3 is 1.86 bits per heavy atom. The summed E-state index contributed by atoms with van der Waals surface area (Å²) in [5.41, 5.74) is 0. The van der Waals surface area contributed by atoms with Crippen molar-refractivity contribution in [2.24, 2.45) is 0 Å². The average molecular weight is 416 g/mol. The molecule has 10 unspecified atom stereocenters. The Morgan fingerprint density at radius 1 is 0.714 bits per heavy atom. The third-order valence-electron chi connectivity index (χ3n) is 4.62. The molecule has 0 amide bonds. The summed E-state index contributed by atoms with van der Waals surface area (Å²) in [4.78, 5) is 0. The highest BCUT2D eigenvalue weighted by molar-refractivity contribution is 4.94. The van der Waals surface area contributed by atoms with Gasteiger partial charge in [0.2, 0.25) is 0 Å². The molecule has 13 nitrogen and oxygen atoms in total.